The molecular formula is C11H11ClN4O. The number of carbonyl (C=O) groups excluding carboxylic acids is 1. The number of hydrogen-bond acceptors (Lipinski definition) is 4. The summed E-state index contributed by atoms with van der Waals surface area (Å²) in [6.07, 6.45) is 0.413. The van der Waals surface area contributed by atoms with E-state index in [1.54, 1.807) is 12.1 Å². The van der Waals surface area contributed by atoms with E-state index in [2.05, 4.69) is 15.4 Å². The molecule has 0 bridgehead atoms. The van der Waals surface area contributed by atoms with Gasteiger partial charge < -0.3 is 0 Å². The molecule has 0 saturated heterocycles. The van der Waals surface area contributed by atoms with E-state index in [-0.39, 0.29) is 5.78 Å². The SMILES string of the molecule is CC(=O)CCn1nnc(-c2ccc(Cl)cc2)n1. The first-order valence-corrected chi connectivity index (χ1v) is 5.56. The number of halogens is 1. The highest BCUT2D eigenvalue weighted by molar-refractivity contribution is 6.30. The first-order chi connectivity index (χ1) is 8.15. The van der Waals surface area contributed by atoms with Crippen molar-refractivity contribution in [1.29, 1.82) is 0 Å². The van der Waals surface area contributed by atoms with Crippen LogP contribution in [0.1, 0.15) is 13.3 Å². The predicted octanol–water partition coefficient (Wildman–Crippen LogP) is 1.97. The maximum atomic E-state index is 10.8. The highest BCUT2D eigenvalue weighted by atomic mass is 35.5. The Morgan fingerprint density at radius 1 is 1.35 bits per heavy atom. The molecule has 0 N–H and O–H groups in total. The van der Waals surface area contributed by atoms with Gasteiger partial charge in [-0.05, 0) is 36.4 Å². The third-order valence-electron chi connectivity index (χ3n) is 2.22. The molecule has 5 nitrogen and oxygen atoms in total. The molecule has 1 aromatic carbocycles. The van der Waals surface area contributed by atoms with Crippen LogP contribution in [0.2, 0.25) is 5.02 Å². The molecule has 0 aliphatic heterocycles. The Labute approximate surface area is 103 Å². The Hall–Kier alpha value is -1.75. The minimum Gasteiger partial charge on any atom is -0.300 e. The van der Waals surface area contributed by atoms with Crippen LogP contribution in [-0.4, -0.2) is 26.0 Å². The van der Waals surface area contributed by atoms with Gasteiger partial charge in [0.05, 0.1) is 6.54 Å². The number of aromatic nitrogens is 4. The molecule has 6 heteroatoms. The minimum absolute atomic E-state index is 0.107. The van der Waals surface area contributed by atoms with Gasteiger partial charge in [-0.25, -0.2) is 0 Å². The third kappa shape index (κ3) is 3.10. The van der Waals surface area contributed by atoms with Crippen LogP contribution >= 0.6 is 11.6 Å². The third-order valence-corrected chi connectivity index (χ3v) is 2.47. The summed E-state index contributed by atoms with van der Waals surface area (Å²) >= 11 is 5.79. The highest BCUT2D eigenvalue weighted by Crippen LogP contribution is 2.16. The van der Waals surface area contributed by atoms with Crippen LogP contribution in [0.5, 0.6) is 0 Å². The lowest BCUT2D eigenvalue weighted by Crippen LogP contribution is -2.06. The smallest absolute Gasteiger partial charge is 0.204 e. The van der Waals surface area contributed by atoms with E-state index in [4.69, 9.17) is 11.6 Å². The molecule has 0 atom stereocenters. The maximum absolute atomic E-state index is 10.8. The maximum Gasteiger partial charge on any atom is 0.204 e. The summed E-state index contributed by atoms with van der Waals surface area (Å²) in [5.74, 6) is 0.639. The summed E-state index contributed by atoms with van der Waals surface area (Å²) in [6, 6.07) is 7.20. The molecule has 1 heterocycles. The van der Waals surface area contributed by atoms with Gasteiger partial charge in [0.15, 0.2) is 0 Å². The number of nitrogens with zero attached hydrogens (tertiary/aromatic N) is 4. The topological polar surface area (TPSA) is 60.7 Å². The Morgan fingerprint density at radius 3 is 2.71 bits per heavy atom. The molecule has 88 valence electrons. The minimum atomic E-state index is 0.107. The highest BCUT2D eigenvalue weighted by Gasteiger charge is 2.06. The quantitative estimate of drug-likeness (QED) is 0.832. The fourth-order valence-corrected chi connectivity index (χ4v) is 1.44. The second-order valence-corrected chi connectivity index (χ2v) is 4.10. The van der Waals surface area contributed by atoms with Crippen molar-refractivity contribution in [1.82, 2.24) is 20.2 Å². The zero-order chi connectivity index (χ0) is 12.3. The van der Waals surface area contributed by atoms with Crippen molar-refractivity contribution in [2.45, 2.75) is 19.9 Å². The zero-order valence-corrected chi connectivity index (χ0v) is 10.1. The summed E-state index contributed by atoms with van der Waals surface area (Å²) in [7, 11) is 0. The monoisotopic (exact) mass is 250 g/mol. The number of carbonyl (C=O) groups is 1. The lowest BCUT2D eigenvalue weighted by atomic mass is 10.2. The van der Waals surface area contributed by atoms with Gasteiger partial charge in [-0.2, -0.15) is 4.80 Å². The second-order valence-electron chi connectivity index (χ2n) is 3.67. The lowest BCUT2D eigenvalue weighted by Gasteiger charge is -1.95. The van der Waals surface area contributed by atoms with Gasteiger partial charge in [0.1, 0.15) is 5.78 Å². The van der Waals surface area contributed by atoms with Crippen molar-refractivity contribution in [3.8, 4) is 11.4 Å². The molecule has 0 aliphatic carbocycles. The summed E-state index contributed by atoms with van der Waals surface area (Å²) in [6.45, 7) is 1.99. The number of ketones is 1. The van der Waals surface area contributed by atoms with Crippen LogP contribution in [0.4, 0.5) is 0 Å². The normalized spacial score (nSPS) is 10.5. The van der Waals surface area contributed by atoms with E-state index in [9.17, 15) is 4.79 Å². The Balaban J connectivity index is 2.12. The van der Waals surface area contributed by atoms with Gasteiger partial charge in [0.2, 0.25) is 5.82 Å². The van der Waals surface area contributed by atoms with Gasteiger partial charge in [0, 0.05) is 17.0 Å². The van der Waals surface area contributed by atoms with Crippen LogP contribution in [0.3, 0.4) is 0 Å². The molecule has 0 amide bonds. The van der Waals surface area contributed by atoms with Crippen molar-refractivity contribution in [2.24, 2.45) is 0 Å². The average molecular weight is 251 g/mol. The molecule has 0 unspecified atom stereocenters. The zero-order valence-electron chi connectivity index (χ0n) is 9.30. The van der Waals surface area contributed by atoms with Gasteiger partial charge in [-0.3, -0.25) is 4.79 Å². The van der Waals surface area contributed by atoms with Crippen LogP contribution in [-0.2, 0) is 11.3 Å². The molecule has 0 saturated carbocycles. The molecule has 2 aromatic rings. The van der Waals surface area contributed by atoms with Crippen LogP contribution in [0, 0.1) is 0 Å². The predicted molar refractivity (Wildman–Crippen MR) is 63.6 cm³/mol. The second kappa shape index (κ2) is 5.05. The van der Waals surface area contributed by atoms with Gasteiger partial charge >= 0.3 is 0 Å². The number of rotatable bonds is 4. The summed E-state index contributed by atoms with van der Waals surface area (Å²) < 4.78 is 0. The van der Waals surface area contributed by atoms with Crippen molar-refractivity contribution < 1.29 is 4.79 Å². The molecule has 1 aromatic heterocycles. The Bertz CT molecular complexity index is 521. The van der Waals surface area contributed by atoms with Crippen LogP contribution in [0.25, 0.3) is 11.4 Å². The number of hydrogen-bond donors (Lipinski definition) is 0. The summed E-state index contributed by atoms with van der Waals surface area (Å²) in [5, 5.41) is 12.6. The van der Waals surface area contributed by atoms with Crippen molar-refractivity contribution in [3.63, 3.8) is 0 Å². The molecule has 0 spiro atoms. The van der Waals surface area contributed by atoms with Crippen molar-refractivity contribution >= 4 is 17.4 Å². The van der Waals surface area contributed by atoms with E-state index in [1.165, 1.54) is 11.7 Å². The molecular weight excluding hydrogens is 240 g/mol. The van der Waals surface area contributed by atoms with Gasteiger partial charge in [-0.15, -0.1) is 10.2 Å². The standard InChI is InChI=1S/C11H11ClN4O/c1-8(17)6-7-16-14-11(13-15-16)9-2-4-10(12)5-3-9/h2-5H,6-7H2,1H3. The molecule has 2 rings (SSSR count). The summed E-state index contributed by atoms with van der Waals surface area (Å²) in [5.41, 5.74) is 0.850. The molecule has 17 heavy (non-hydrogen) atoms. The van der Waals surface area contributed by atoms with E-state index in [0.717, 1.165) is 5.56 Å². The fourth-order valence-electron chi connectivity index (χ4n) is 1.31. The summed E-state index contributed by atoms with van der Waals surface area (Å²) in [4.78, 5) is 12.2. The molecule has 0 aliphatic rings. The van der Waals surface area contributed by atoms with E-state index in [0.29, 0.717) is 23.8 Å². The largest absolute Gasteiger partial charge is 0.300 e. The number of tetrazole rings is 1. The van der Waals surface area contributed by atoms with Crippen molar-refractivity contribution in [2.75, 3.05) is 0 Å². The van der Waals surface area contributed by atoms with Crippen LogP contribution in [0.15, 0.2) is 24.3 Å². The van der Waals surface area contributed by atoms with Crippen molar-refractivity contribution in [3.05, 3.63) is 29.3 Å². The fraction of sp³-hybridized carbons (Fsp3) is 0.273. The van der Waals surface area contributed by atoms with E-state index in [1.807, 2.05) is 12.1 Å². The van der Waals surface area contributed by atoms with E-state index < -0.39 is 0 Å². The number of benzene rings is 1. The first-order valence-electron chi connectivity index (χ1n) is 5.18. The first kappa shape index (κ1) is 11.7. The van der Waals surface area contributed by atoms with Crippen LogP contribution < -0.4 is 0 Å². The van der Waals surface area contributed by atoms with Gasteiger partial charge in [-0.1, -0.05) is 11.6 Å². The van der Waals surface area contributed by atoms with Gasteiger partial charge in [0.25, 0.3) is 0 Å². The number of aryl methyl sites for hydroxylation is 1. The number of Topliss-reactive ketones (excluding diaryl/α,β-unsaturated/α-hetero) is 1. The molecule has 0 fully saturated rings. The lowest BCUT2D eigenvalue weighted by molar-refractivity contribution is -0.117. The molecule has 0 radical (unpaired) electrons. The van der Waals surface area contributed by atoms with E-state index >= 15 is 0 Å². The Morgan fingerprint density at radius 2 is 2.06 bits per heavy atom. The average Bonchev–Trinajstić information content (AvgIpc) is 2.76. The Kier molecular flexibility index (Phi) is 3.49.